The summed E-state index contributed by atoms with van der Waals surface area (Å²) in [6.45, 7) is 1.76. The molecular weight excluding hydrogens is 467 g/mol. The smallest absolute Gasteiger partial charge is 0.379 e. The Kier molecular flexibility index (Phi) is 6.72. The number of aryl methyl sites for hydroxylation is 1. The third-order valence-electron chi connectivity index (χ3n) is 5.23. The van der Waals surface area contributed by atoms with Crippen LogP contribution in [0, 0.1) is 6.92 Å². The molecule has 1 amide bonds. The summed E-state index contributed by atoms with van der Waals surface area (Å²) in [6, 6.07) is 11.4. The maximum Gasteiger partial charge on any atom is 0.379 e. The van der Waals surface area contributed by atoms with E-state index in [0.717, 1.165) is 6.42 Å². The Morgan fingerprint density at radius 3 is 2.70 bits per heavy atom. The minimum Gasteiger partial charge on any atom is -0.497 e. The summed E-state index contributed by atoms with van der Waals surface area (Å²) in [5.74, 6) is 0.406. The molecule has 0 bridgehead atoms. The molecule has 0 fully saturated rings. The summed E-state index contributed by atoms with van der Waals surface area (Å²) < 4.78 is 16.4. The number of esters is 1. The van der Waals surface area contributed by atoms with Crippen molar-refractivity contribution in [3.63, 3.8) is 0 Å². The maximum atomic E-state index is 12.8. The summed E-state index contributed by atoms with van der Waals surface area (Å²) >= 11 is 12.0. The van der Waals surface area contributed by atoms with Gasteiger partial charge in [-0.2, -0.15) is 5.10 Å². The van der Waals surface area contributed by atoms with E-state index in [1.165, 1.54) is 19.2 Å². The van der Waals surface area contributed by atoms with Crippen LogP contribution < -0.4 is 14.9 Å². The van der Waals surface area contributed by atoms with Crippen LogP contribution >= 0.6 is 23.2 Å². The number of rotatable bonds is 5. The van der Waals surface area contributed by atoms with Crippen molar-refractivity contribution in [2.45, 2.75) is 26.2 Å². The maximum absolute atomic E-state index is 12.8. The zero-order valence-electron chi connectivity index (χ0n) is 17.9. The number of benzene rings is 2. The van der Waals surface area contributed by atoms with Crippen LogP contribution in [-0.4, -0.2) is 24.7 Å². The highest BCUT2D eigenvalue weighted by Gasteiger charge is 2.29. The van der Waals surface area contributed by atoms with E-state index in [0.29, 0.717) is 51.8 Å². The first-order valence-electron chi connectivity index (χ1n) is 10.2. The summed E-state index contributed by atoms with van der Waals surface area (Å²) in [5.41, 5.74) is 4.94. The van der Waals surface area contributed by atoms with Gasteiger partial charge in [0.25, 0.3) is 5.91 Å². The molecule has 9 heteroatoms. The molecule has 1 heterocycles. The summed E-state index contributed by atoms with van der Waals surface area (Å²) in [6.07, 6.45) is 2.04. The molecular formula is C24H20Cl2N2O5. The molecule has 170 valence electrons. The lowest BCUT2D eigenvalue weighted by molar-refractivity contribution is 0.0698. The molecule has 33 heavy (non-hydrogen) atoms. The standard InChI is InChI=1S/C24H20Cl2N2O5/c1-13-21-18(27-28-23(29)14-5-3-6-16(11-14)31-2)7-4-8-20(21)32-22(13)24(30)33-19-10-9-15(25)12-17(19)26/h3,5-6,9-12H,4,7-8H2,1-2H3,(H,28,29)/b27-18+. The fourth-order valence-electron chi connectivity index (χ4n) is 3.63. The van der Waals surface area contributed by atoms with Crippen LogP contribution in [-0.2, 0) is 6.42 Å². The van der Waals surface area contributed by atoms with Gasteiger partial charge >= 0.3 is 5.97 Å². The predicted octanol–water partition coefficient (Wildman–Crippen LogP) is 5.59. The predicted molar refractivity (Wildman–Crippen MR) is 125 cm³/mol. The lowest BCUT2D eigenvalue weighted by Crippen LogP contribution is -2.22. The molecule has 0 saturated heterocycles. The molecule has 0 saturated carbocycles. The molecule has 1 aliphatic rings. The van der Waals surface area contributed by atoms with Crippen LogP contribution in [0.4, 0.5) is 0 Å². The molecule has 1 aromatic heterocycles. The lowest BCUT2D eigenvalue weighted by Gasteiger charge is -2.13. The number of hydrazone groups is 1. The molecule has 0 radical (unpaired) electrons. The number of carbonyl (C=O) groups is 2. The van der Waals surface area contributed by atoms with Gasteiger partial charge in [-0.3, -0.25) is 4.79 Å². The lowest BCUT2D eigenvalue weighted by atomic mass is 9.93. The average Bonchev–Trinajstić information content (AvgIpc) is 3.16. The van der Waals surface area contributed by atoms with Gasteiger partial charge in [-0.15, -0.1) is 0 Å². The van der Waals surface area contributed by atoms with E-state index in [1.54, 1.807) is 37.3 Å². The van der Waals surface area contributed by atoms with Crippen molar-refractivity contribution in [1.29, 1.82) is 0 Å². The number of hydrogen-bond donors (Lipinski definition) is 1. The van der Waals surface area contributed by atoms with Crippen molar-refractivity contribution in [2.75, 3.05) is 7.11 Å². The zero-order valence-corrected chi connectivity index (χ0v) is 19.4. The Hall–Kier alpha value is -3.29. The minimum absolute atomic E-state index is 0.0692. The van der Waals surface area contributed by atoms with Gasteiger partial charge in [-0.25, -0.2) is 10.2 Å². The molecule has 0 unspecified atom stereocenters. The molecule has 0 spiro atoms. The van der Waals surface area contributed by atoms with Gasteiger partial charge in [0.1, 0.15) is 17.3 Å². The number of halogens is 2. The van der Waals surface area contributed by atoms with Crippen LogP contribution in [0.25, 0.3) is 0 Å². The molecule has 3 aromatic rings. The van der Waals surface area contributed by atoms with Crippen LogP contribution in [0.1, 0.15) is 50.6 Å². The van der Waals surface area contributed by atoms with E-state index in [2.05, 4.69) is 10.5 Å². The number of ether oxygens (including phenoxy) is 2. The first-order chi connectivity index (χ1) is 15.9. The largest absolute Gasteiger partial charge is 0.497 e. The third-order valence-corrected chi connectivity index (χ3v) is 5.76. The molecule has 7 nitrogen and oxygen atoms in total. The average molecular weight is 487 g/mol. The van der Waals surface area contributed by atoms with Gasteiger partial charge in [-0.1, -0.05) is 29.3 Å². The molecule has 0 atom stereocenters. The molecule has 4 rings (SSSR count). The third kappa shape index (κ3) is 4.89. The van der Waals surface area contributed by atoms with E-state index in [9.17, 15) is 9.59 Å². The number of nitrogens with zero attached hydrogens (tertiary/aromatic N) is 1. The van der Waals surface area contributed by atoms with Crippen molar-refractivity contribution in [1.82, 2.24) is 5.43 Å². The second kappa shape index (κ2) is 9.68. The van der Waals surface area contributed by atoms with Crippen LogP contribution in [0.3, 0.4) is 0 Å². The SMILES string of the molecule is COc1cccc(C(=O)N/N=C2\CCCc3oc(C(=O)Oc4ccc(Cl)cc4Cl)c(C)c32)c1. The Balaban J connectivity index is 1.56. The Labute approximate surface area is 200 Å². The first-order valence-corrected chi connectivity index (χ1v) is 10.9. The van der Waals surface area contributed by atoms with E-state index in [1.807, 2.05) is 0 Å². The molecule has 2 aromatic carbocycles. The van der Waals surface area contributed by atoms with Crippen molar-refractivity contribution in [2.24, 2.45) is 5.10 Å². The van der Waals surface area contributed by atoms with Gasteiger partial charge in [0.2, 0.25) is 5.76 Å². The fraction of sp³-hybridized carbons (Fsp3) is 0.208. The van der Waals surface area contributed by atoms with E-state index in [-0.39, 0.29) is 22.4 Å². The summed E-state index contributed by atoms with van der Waals surface area (Å²) in [4.78, 5) is 25.3. The number of furan rings is 1. The van der Waals surface area contributed by atoms with Crippen LogP contribution in [0.2, 0.25) is 10.0 Å². The Morgan fingerprint density at radius 1 is 1.12 bits per heavy atom. The quantitative estimate of drug-likeness (QED) is 0.288. The van der Waals surface area contributed by atoms with Crippen molar-refractivity contribution >= 4 is 40.8 Å². The van der Waals surface area contributed by atoms with Gasteiger partial charge in [-0.05, 0) is 56.2 Å². The zero-order chi connectivity index (χ0) is 23.5. The molecule has 1 N–H and O–H groups in total. The second-order valence-electron chi connectivity index (χ2n) is 7.40. The number of fused-ring (bicyclic) bond motifs is 1. The highest BCUT2D eigenvalue weighted by Crippen LogP contribution is 2.32. The number of methoxy groups -OCH3 is 1. The Bertz CT molecular complexity index is 1270. The van der Waals surface area contributed by atoms with Gasteiger partial charge in [0.05, 0.1) is 17.8 Å². The van der Waals surface area contributed by atoms with Gasteiger partial charge in [0, 0.05) is 28.1 Å². The van der Waals surface area contributed by atoms with E-state index in [4.69, 9.17) is 37.1 Å². The summed E-state index contributed by atoms with van der Waals surface area (Å²) in [7, 11) is 1.53. The number of carbonyl (C=O) groups excluding carboxylic acids is 2. The monoisotopic (exact) mass is 486 g/mol. The van der Waals surface area contributed by atoms with Gasteiger partial charge < -0.3 is 13.9 Å². The van der Waals surface area contributed by atoms with Crippen molar-refractivity contribution in [3.8, 4) is 11.5 Å². The van der Waals surface area contributed by atoms with E-state index >= 15 is 0 Å². The van der Waals surface area contributed by atoms with Gasteiger partial charge in [0.15, 0.2) is 0 Å². The second-order valence-corrected chi connectivity index (χ2v) is 8.25. The molecule has 0 aliphatic heterocycles. The highest BCUT2D eigenvalue weighted by atomic mass is 35.5. The number of hydrogen-bond acceptors (Lipinski definition) is 6. The van der Waals surface area contributed by atoms with Crippen molar-refractivity contribution in [3.05, 3.63) is 80.7 Å². The highest BCUT2D eigenvalue weighted by molar-refractivity contribution is 6.35. The van der Waals surface area contributed by atoms with E-state index < -0.39 is 5.97 Å². The number of nitrogens with one attached hydrogen (secondary N) is 1. The first kappa shape index (κ1) is 22.9. The topological polar surface area (TPSA) is 90.1 Å². The number of amides is 1. The normalized spacial score (nSPS) is 14.0. The van der Waals surface area contributed by atoms with Crippen molar-refractivity contribution < 1.29 is 23.5 Å². The van der Waals surface area contributed by atoms with Crippen LogP contribution in [0.15, 0.2) is 52.0 Å². The molecule has 1 aliphatic carbocycles. The Morgan fingerprint density at radius 2 is 1.94 bits per heavy atom. The van der Waals surface area contributed by atoms with Crippen LogP contribution in [0.5, 0.6) is 11.5 Å². The minimum atomic E-state index is -0.675. The fourth-order valence-corrected chi connectivity index (χ4v) is 4.07. The summed E-state index contributed by atoms with van der Waals surface area (Å²) in [5, 5.41) is 4.97.